The van der Waals surface area contributed by atoms with Crippen molar-refractivity contribution < 1.29 is 18.7 Å². The number of hydrogen-bond donors (Lipinski definition) is 1. The Kier molecular flexibility index (Phi) is 5.36. The SMILES string of the molecule is CC(C)OC(=O)CCNC(=O)/C=C/c1cc2ccccc2o1. The van der Waals surface area contributed by atoms with E-state index in [2.05, 4.69) is 5.32 Å². The molecule has 0 saturated carbocycles. The first kappa shape index (κ1) is 15.8. The highest BCUT2D eigenvalue weighted by atomic mass is 16.5. The Morgan fingerprint density at radius 1 is 1.32 bits per heavy atom. The number of esters is 1. The summed E-state index contributed by atoms with van der Waals surface area (Å²) in [5.74, 6) is 0.00457. The smallest absolute Gasteiger partial charge is 0.307 e. The molecule has 0 unspecified atom stereocenters. The van der Waals surface area contributed by atoms with E-state index in [0.717, 1.165) is 11.0 Å². The molecule has 22 heavy (non-hydrogen) atoms. The molecule has 5 heteroatoms. The number of carbonyl (C=O) groups is 2. The number of fused-ring (bicyclic) bond motifs is 1. The highest BCUT2D eigenvalue weighted by Gasteiger charge is 2.06. The van der Waals surface area contributed by atoms with Gasteiger partial charge in [-0.15, -0.1) is 0 Å². The summed E-state index contributed by atoms with van der Waals surface area (Å²) in [5, 5.41) is 3.61. The highest BCUT2D eigenvalue weighted by Crippen LogP contribution is 2.19. The zero-order valence-electron chi connectivity index (χ0n) is 12.7. The molecule has 0 radical (unpaired) electrons. The van der Waals surface area contributed by atoms with Gasteiger partial charge in [0.15, 0.2) is 0 Å². The molecular weight excluding hydrogens is 282 g/mol. The number of para-hydroxylation sites is 1. The fourth-order valence-corrected chi connectivity index (χ4v) is 1.91. The molecule has 1 aromatic heterocycles. The Balaban J connectivity index is 1.80. The number of amides is 1. The zero-order valence-corrected chi connectivity index (χ0v) is 12.7. The lowest BCUT2D eigenvalue weighted by Crippen LogP contribution is -2.25. The van der Waals surface area contributed by atoms with Gasteiger partial charge in [0.25, 0.3) is 0 Å². The summed E-state index contributed by atoms with van der Waals surface area (Å²) in [6, 6.07) is 9.49. The van der Waals surface area contributed by atoms with Crippen LogP contribution < -0.4 is 5.32 Å². The number of ether oxygens (including phenoxy) is 1. The summed E-state index contributed by atoms with van der Waals surface area (Å²) < 4.78 is 10.5. The monoisotopic (exact) mass is 301 g/mol. The molecule has 1 heterocycles. The van der Waals surface area contributed by atoms with Crippen LogP contribution >= 0.6 is 0 Å². The Morgan fingerprint density at radius 3 is 2.82 bits per heavy atom. The second-order valence-corrected chi connectivity index (χ2v) is 5.10. The normalized spacial score (nSPS) is 11.2. The molecule has 1 amide bonds. The molecule has 2 rings (SSSR count). The summed E-state index contributed by atoms with van der Waals surface area (Å²) in [6.45, 7) is 3.81. The van der Waals surface area contributed by atoms with Gasteiger partial charge >= 0.3 is 5.97 Å². The second-order valence-electron chi connectivity index (χ2n) is 5.10. The quantitative estimate of drug-likeness (QED) is 0.658. The molecule has 0 aliphatic rings. The van der Waals surface area contributed by atoms with Crippen LogP contribution in [0, 0.1) is 0 Å². The van der Waals surface area contributed by atoms with Crippen LogP contribution in [0.25, 0.3) is 17.0 Å². The molecule has 0 bridgehead atoms. The van der Waals surface area contributed by atoms with E-state index in [9.17, 15) is 9.59 Å². The Hall–Kier alpha value is -2.56. The van der Waals surface area contributed by atoms with Crippen LogP contribution in [0.2, 0.25) is 0 Å². The van der Waals surface area contributed by atoms with Gasteiger partial charge in [0.1, 0.15) is 11.3 Å². The standard InChI is InChI=1S/C17H19NO4/c1-12(2)21-17(20)9-10-18-16(19)8-7-14-11-13-5-3-4-6-15(13)22-14/h3-8,11-12H,9-10H2,1-2H3,(H,18,19)/b8-7+. The number of hydrogen-bond acceptors (Lipinski definition) is 4. The van der Waals surface area contributed by atoms with Gasteiger partial charge in [0.2, 0.25) is 5.91 Å². The van der Waals surface area contributed by atoms with Crippen molar-refractivity contribution in [2.75, 3.05) is 6.54 Å². The Bertz CT molecular complexity index is 652. The predicted molar refractivity (Wildman–Crippen MR) is 84.1 cm³/mol. The maximum absolute atomic E-state index is 11.6. The lowest BCUT2D eigenvalue weighted by Gasteiger charge is -2.07. The van der Waals surface area contributed by atoms with E-state index >= 15 is 0 Å². The average Bonchev–Trinajstić information content (AvgIpc) is 2.87. The first-order chi connectivity index (χ1) is 10.5. The number of benzene rings is 1. The lowest BCUT2D eigenvalue weighted by atomic mass is 10.2. The predicted octanol–water partition coefficient (Wildman–Crippen LogP) is 2.90. The lowest BCUT2D eigenvalue weighted by molar-refractivity contribution is -0.147. The first-order valence-corrected chi connectivity index (χ1v) is 7.18. The van der Waals surface area contributed by atoms with Gasteiger partial charge in [0, 0.05) is 18.0 Å². The Morgan fingerprint density at radius 2 is 2.09 bits per heavy atom. The molecule has 5 nitrogen and oxygen atoms in total. The van der Waals surface area contributed by atoms with E-state index in [4.69, 9.17) is 9.15 Å². The maximum atomic E-state index is 11.6. The minimum Gasteiger partial charge on any atom is -0.463 e. The second kappa shape index (κ2) is 7.45. The van der Waals surface area contributed by atoms with Crippen molar-refractivity contribution in [2.45, 2.75) is 26.4 Å². The molecule has 0 atom stereocenters. The zero-order chi connectivity index (χ0) is 15.9. The Labute approximate surface area is 128 Å². The van der Waals surface area contributed by atoms with Crippen molar-refractivity contribution in [3.05, 3.63) is 42.2 Å². The van der Waals surface area contributed by atoms with E-state index in [-0.39, 0.29) is 30.9 Å². The third-order valence-corrected chi connectivity index (χ3v) is 2.84. The molecule has 0 spiro atoms. The molecule has 0 saturated heterocycles. The summed E-state index contributed by atoms with van der Waals surface area (Å²) in [4.78, 5) is 23.0. The molecule has 0 aliphatic carbocycles. The van der Waals surface area contributed by atoms with Gasteiger partial charge in [-0.1, -0.05) is 18.2 Å². The molecular formula is C17H19NO4. The van der Waals surface area contributed by atoms with E-state index < -0.39 is 0 Å². The van der Waals surface area contributed by atoms with Gasteiger partial charge in [-0.3, -0.25) is 9.59 Å². The van der Waals surface area contributed by atoms with Gasteiger partial charge in [-0.05, 0) is 32.1 Å². The van der Waals surface area contributed by atoms with Crippen LogP contribution in [0.1, 0.15) is 26.0 Å². The van der Waals surface area contributed by atoms with Crippen molar-refractivity contribution in [3.8, 4) is 0 Å². The number of rotatable bonds is 6. The van der Waals surface area contributed by atoms with Crippen molar-refractivity contribution >= 4 is 28.9 Å². The first-order valence-electron chi connectivity index (χ1n) is 7.18. The summed E-state index contributed by atoms with van der Waals surface area (Å²) in [7, 11) is 0. The minimum atomic E-state index is -0.323. The minimum absolute atomic E-state index is 0.142. The third-order valence-electron chi connectivity index (χ3n) is 2.84. The molecule has 0 aliphatic heterocycles. The molecule has 0 fully saturated rings. The average molecular weight is 301 g/mol. The molecule has 1 N–H and O–H groups in total. The van der Waals surface area contributed by atoms with E-state index in [0.29, 0.717) is 5.76 Å². The van der Waals surface area contributed by atoms with Gasteiger partial charge < -0.3 is 14.5 Å². The fourth-order valence-electron chi connectivity index (χ4n) is 1.91. The van der Waals surface area contributed by atoms with E-state index in [1.165, 1.54) is 6.08 Å². The largest absolute Gasteiger partial charge is 0.463 e. The van der Waals surface area contributed by atoms with Crippen molar-refractivity contribution in [3.63, 3.8) is 0 Å². The van der Waals surface area contributed by atoms with Crippen molar-refractivity contribution in [2.24, 2.45) is 0 Å². The number of carbonyl (C=O) groups excluding carboxylic acids is 2. The third kappa shape index (κ3) is 4.77. The topological polar surface area (TPSA) is 68.5 Å². The van der Waals surface area contributed by atoms with Crippen LogP contribution in [-0.4, -0.2) is 24.5 Å². The summed E-state index contributed by atoms with van der Waals surface area (Å²) in [6.07, 6.45) is 2.99. The molecule has 1 aromatic carbocycles. The molecule has 116 valence electrons. The highest BCUT2D eigenvalue weighted by molar-refractivity contribution is 5.92. The van der Waals surface area contributed by atoms with Gasteiger partial charge in [-0.2, -0.15) is 0 Å². The van der Waals surface area contributed by atoms with Crippen LogP contribution in [-0.2, 0) is 14.3 Å². The van der Waals surface area contributed by atoms with Gasteiger partial charge in [-0.25, -0.2) is 0 Å². The molecule has 2 aromatic rings. The number of furan rings is 1. The van der Waals surface area contributed by atoms with Gasteiger partial charge in [0.05, 0.1) is 12.5 Å². The van der Waals surface area contributed by atoms with Crippen LogP contribution in [0.4, 0.5) is 0 Å². The van der Waals surface area contributed by atoms with Crippen molar-refractivity contribution in [1.82, 2.24) is 5.32 Å². The van der Waals surface area contributed by atoms with Crippen molar-refractivity contribution in [1.29, 1.82) is 0 Å². The maximum Gasteiger partial charge on any atom is 0.307 e. The van der Waals surface area contributed by atoms with E-state index in [1.807, 2.05) is 30.3 Å². The van der Waals surface area contributed by atoms with Crippen LogP contribution in [0.15, 0.2) is 40.8 Å². The van der Waals surface area contributed by atoms with Crippen LogP contribution in [0.3, 0.4) is 0 Å². The van der Waals surface area contributed by atoms with E-state index in [1.54, 1.807) is 19.9 Å². The summed E-state index contributed by atoms with van der Waals surface area (Å²) >= 11 is 0. The fraction of sp³-hybridized carbons (Fsp3) is 0.294. The van der Waals surface area contributed by atoms with Crippen LogP contribution in [0.5, 0.6) is 0 Å². The summed E-state index contributed by atoms with van der Waals surface area (Å²) in [5.41, 5.74) is 0.777. The number of nitrogens with one attached hydrogen (secondary N) is 1.